The molecule has 108 valence electrons. The number of benzene rings is 1. The molecular formula is C10H17N3O4S2. The molecule has 1 rings (SSSR count). The molecule has 1 aromatic rings. The van der Waals surface area contributed by atoms with Gasteiger partial charge in [-0.2, -0.15) is 13.1 Å². The standard InChI is InChI=1S/C10H17N3O4S2/c1-8(2)7-12-19(16,17)13-9-4-3-5-10(6-9)18(11,14)15/h3-6,8,12-13H,7H2,1-2H3,(H2,11,14,15). The zero-order chi connectivity index (χ0) is 14.7. The Morgan fingerprint density at radius 3 is 2.37 bits per heavy atom. The van der Waals surface area contributed by atoms with Gasteiger partial charge in [0.05, 0.1) is 10.6 Å². The number of hydrogen-bond acceptors (Lipinski definition) is 4. The fourth-order valence-electron chi connectivity index (χ4n) is 1.20. The Labute approximate surface area is 113 Å². The lowest BCUT2D eigenvalue weighted by atomic mass is 10.2. The summed E-state index contributed by atoms with van der Waals surface area (Å²) in [5.74, 6) is 0.160. The van der Waals surface area contributed by atoms with Crippen LogP contribution in [0.15, 0.2) is 29.2 Å². The van der Waals surface area contributed by atoms with Crippen molar-refractivity contribution in [2.45, 2.75) is 18.7 Å². The maximum absolute atomic E-state index is 11.7. The Bertz CT molecular complexity index is 638. The molecule has 19 heavy (non-hydrogen) atoms. The molecule has 0 unspecified atom stereocenters. The SMILES string of the molecule is CC(C)CNS(=O)(=O)Nc1cccc(S(N)(=O)=O)c1. The average Bonchev–Trinajstić information content (AvgIpc) is 2.25. The number of nitrogens with one attached hydrogen (secondary N) is 2. The highest BCUT2D eigenvalue weighted by Crippen LogP contribution is 2.14. The third-order valence-corrected chi connectivity index (χ3v) is 4.06. The lowest BCUT2D eigenvalue weighted by Gasteiger charge is -2.11. The van der Waals surface area contributed by atoms with Gasteiger partial charge in [0.2, 0.25) is 10.0 Å². The van der Waals surface area contributed by atoms with Gasteiger partial charge in [0.25, 0.3) is 10.2 Å². The van der Waals surface area contributed by atoms with Crippen molar-refractivity contribution in [2.75, 3.05) is 11.3 Å². The van der Waals surface area contributed by atoms with Gasteiger partial charge in [-0.1, -0.05) is 19.9 Å². The van der Waals surface area contributed by atoms with Crippen LogP contribution < -0.4 is 14.6 Å². The summed E-state index contributed by atoms with van der Waals surface area (Å²) in [5.41, 5.74) is 0.128. The van der Waals surface area contributed by atoms with Crippen LogP contribution in [0.25, 0.3) is 0 Å². The molecule has 1 aromatic carbocycles. The molecular weight excluding hydrogens is 290 g/mol. The van der Waals surface area contributed by atoms with E-state index in [0.29, 0.717) is 0 Å². The monoisotopic (exact) mass is 307 g/mol. The highest BCUT2D eigenvalue weighted by Gasteiger charge is 2.13. The summed E-state index contributed by atoms with van der Waals surface area (Å²) in [6.45, 7) is 4.01. The van der Waals surface area contributed by atoms with E-state index in [-0.39, 0.29) is 23.0 Å². The number of rotatable bonds is 6. The summed E-state index contributed by atoms with van der Waals surface area (Å²) in [4.78, 5) is -0.156. The van der Waals surface area contributed by atoms with Gasteiger partial charge in [0, 0.05) is 6.54 Å². The molecule has 0 aromatic heterocycles. The number of sulfonamides is 1. The Hall–Kier alpha value is -1.16. The largest absolute Gasteiger partial charge is 0.299 e. The molecule has 0 aliphatic carbocycles. The van der Waals surface area contributed by atoms with E-state index in [9.17, 15) is 16.8 Å². The van der Waals surface area contributed by atoms with Crippen LogP contribution in [0.5, 0.6) is 0 Å². The molecule has 4 N–H and O–H groups in total. The Morgan fingerprint density at radius 2 is 1.84 bits per heavy atom. The van der Waals surface area contributed by atoms with Crippen LogP contribution >= 0.6 is 0 Å². The van der Waals surface area contributed by atoms with Crippen LogP contribution in [0.3, 0.4) is 0 Å². The highest BCUT2D eigenvalue weighted by atomic mass is 32.2. The molecule has 0 radical (unpaired) electrons. The summed E-state index contributed by atoms with van der Waals surface area (Å²) in [7, 11) is -7.59. The van der Waals surface area contributed by atoms with Crippen LogP contribution in [0, 0.1) is 5.92 Å². The summed E-state index contributed by atoms with van der Waals surface area (Å²) in [5, 5.41) is 4.97. The fourth-order valence-corrected chi connectivity index (χ4v) is 2.83. The van der Waals surface area contributed by atoms with Gasteiger partial charge >= 0.3 is 0 Å². The van der Waals surface area contributed by atoms with Crippen molar-refractivity contribution < 1.29 is 16.8 Å². The van der Waals surface area contributed by atoms with Gasteiger partial charge in [-0.3, -0.25) is 4.72 Å². The van der Waals surface area contributed by atoms with E-state index in [2.05, 4.69) is 9.44 Å². The van der Waals surface area contributed by atoms with E-state index in [1.165, 1.54) is 18.2 Å². The summed E-state index contributed by atoms with van der Waals surface area (Å²) in [6, 6.07) is 5.28. The van der Waals surface area contributed by atoms with Crippen LogP contribution in [-0.4, -0.2) is 23.4 Å². The van der Waals surface area contributed by atoms with Gasteiger partial charge < -0.3 is 0 Å². The summed E-state index contributed by atoms with van der Waals surface area (Å²) in [6.07, 6.45) is 0. The minimum Gasteiger partial charge on any atom is -0.271 e. The molecule has 0 saturated carbocycles. The molecule has 0 aliphatic heterocycles. The first kappa shape index (κ1) is 15.9. The first-order valence-electron chi connectivity index (χ1n) is 5.50. The van der Waals surface area contributed by atoms with Gasteiger partial charge in [0.1, 0.15) is 0 Å². The normalized spacial score (nSPS) is 12.6. The molecule has 9 heteroatoms. The second-order valence-electron chi connectivity index (χ2n) is 4.42. The van der Waals surface area contributed by atoms with Crippen molar-refractivity contribution in [1.29, 1.82) is 0 Å². The fraction of sp³-hybridized carbons (Fsp3) is 0.400. The molecule has 0 atom stereocenters. The van der Waals surface area contributed by atoms with E-state index in [1.807, 2.05) is 13.8 Å². The topological polar surface area (TPSA) is 118 Å². The molecule has 0 spiro atoms. The highest BCUT2D eigenvalue weighted by molar-refractivity contribution is 7.90. The molecule has 0 amide bonds. The smallest absolute Gasteiger partial charge is 0.271 e. The first-order chi connectivity index (χ1) is 8.60. The number of hydrogen-bond donors (Lipinski definition) is 3. The van der Waals surface area contributed by atoms with Crippen molar-refractivity contribution in [1.82, 2.24) is 4.72 Å². The zero-order valence-electron chi connectivity index (χ0n) is 10.6. The number of primary sulfonamides is 1. The van der Waals surface area contributed by atoms with E-state index in [1.54, 1.807) is 0 Å². The Morgan fingerprint density at radius 1 is 1.21 bits per heavy atom. The van der Waals surface area contributed by atoms with Crippen LogP contribution in [0.1, 0.15) is 13.8 Å². The van der Waals surface area contributed by atoms with Crippen LogP contribution in [-0.2, 0) is 20.2 Å². The van der Waals surface area contributed by atoms with Gasteiger partial charge in [-0.15, -0.1) is 0 Å². The minimum absolute atomic E-state index is 0.128. The van der Waals surface area contributed by atoms with Crippen molar-refractivity contribution in [3.63, 3.8) is 0 Å². The lowest BCUT2D eigenvalue weighted by molar-refractivity contribution is 0.564. The van der Waals surface area contributed by atoms with Gasteiger partial charge in [-0.05, 0) is 24.1 Å². The van der Waals surface area contributed by atoms with E-state index >= 15 is 0 Å². The first-order valence-corrected chi connectivity index (χ1v) is 8.53. The van der Waals surface area contributed by atoms with Crippen molar-refractivity contribution >= 4 is 25.9 Å². The van der Waals surface area contributed by atoms with Crippen molar-refractivity contribution in [2.24, 2.45) is 11.1 Å². The lowest BCUT2D eigenvalue weighted by Crippen LogP contribution is -2.32. The number of anilines is 1. The van der Waals surface area contributed by atoms with Gasteiger partial charge in [0.15, 0.2) is 0 Å². The summed E-state index contributed by atoms with van der Waals surface area (Å²) < 4.78 is 50.2. The quantitative estimate of drug-likeness (QED) is 0.697. The molecule has 0 saturated heterocycles. The molecule has 7 nitrogen and oxygen atoms in total. The summed E-state index contributed by atoms with van der Waals surface area (Å²) >= 11 is 0. The second-order valence-corrected chi connectivity index (χ2v) is 7.48. The molecule has 0 fully saturated rings. The van der Waals surface area contributed by atoms with E-state index < -0.39 is 20.2 Å². The Kier molecular flexibility index (Phi) is 4.91. The molecule has 0 bridgehead atoms. The second kappa shape index (κ2) is 5.87. The van der Waals surface area contributed by atoms with Crippen LogP contribution in [0.2, 0.25) is 0 Å². The van der Waals surface area contributed by atoms with Crippen molar-refractivity contribution in [3.05, 3.63) is 24.3 Å². The minimum atomic E-state index is -3.86. The predicted octanol–water partition coefficient (Wildman–Crippen LogP) is 0.236. The van der Waals surface area contributed by atoms with Gasteiger partial charge in [-0.25, -0.2) is 13.6 Å². The molecule has 0 aliphatic rings. The Balaban J connectivity index is 2.89. The molecule has 0 heterocycles. The van der Waals surface area contributed by atoms with E-state index in [4.69, 9.17) is 5.14 Å². The van der Waals surface area contributed by atoms with Crippen LogP contribution in [0.4, 0.5) is 5.69 Å². The maximum Gasteiger partial charge on any atom is 0.299 e. The maximum atomic E-state index is 11.7. The average molecular weight is 307 g/mol. The van der Waals surface area contributed by atoms with Crippen molar-refractivity contribution in [3.8, 4) is 0 Å². The predicted molar refractivity (Wildman–Crippen MR) is 73.2 cm³/mol. The zero-order valence-corrected chi connectivity index (χ0v) is 12.3. The third kappa shape index (κ3) is 5.55. The number of nitrogens with two attached hydrogens (primary N) is 1. The third-order valence-electron chi connectivity index (χ3n) is 2.10. The van der Waals surface area contributed by atoms with E-state index in [0.717, 1.165) is 6.07 Å².